The van der Waals surface area contributed by atoms with E-state index in [2.05, 4.69) is 4.72 Å². The van der Waals surface area contributed by atoms with Crippen LogP contribution in [0, 0.1) is 16.0 Å². The Bertz CT molecular complexity index is 587. The average molecular weight is 336 g/mol. The lowest BCUT2D eigenvalue weighted by molar-refractivity contribution is -0.384. The summed E-state index contributed by atoms with van der Waals surface area (Å²) >= 11 is 0. The lowest BCUT2D eigenvalue weighted by atomic mass is 10.2. The number of nitrogens with two attached hydrogens (primary N) is 1. The summed E-state index contributed by atoms with van der Waals surface area (Å²) in [6, 6.07) is 5.33. The van der Waals surface area contributed by atoms with Crippen molar-refractivity contribution in [1.82, 2.24) is 4.72 Å². The fourth-order valence-corrected chi connectivity index (χ4v) is 3.08. The standard InChI is InChI=1S/C12H17N3O4S.ClH/c13-12(10-3-4-10)7-14-20(18,19)8-9-1-5-11(6-2-9)15(16)17;/h1-2,5-6,10,12,14H,3-4,7-8,13H2;1H. The number of hydrogen-bond donors (Lipinski definition) is 2. The predicted molar refractivity (Wildman–Crippen MR) is 81.7 cm³/mol. The van der Waals surface area contributed by atoms with E-state index in [9.17, 15) is 18.5 Å². The second-order valence-corrected chi connectivity index (χ2v) is 6.84. The molecule has 0 saturated heterocycles. The van der Waals surface area contributed by atoms with Crippen LogP contribution in [0.15, 0.2) is 24.3 Å². The van der Waals surface area contributed by atoms with Crippen molar-refractivity contribution in [2.75, 3.05) is 6.54 Å². The zero-order chi connectivity index (χ0) is 14.8. The van der Waals surface area contributed by atoms with Gasteiger partial charge in [-0.3, -0.25) is 10.1 Å². The molecule has 1 aromatic rings. The number of benzene rings is 1. The molecule has 9 heteroatoms. The molecule has 1 aliphatic carbocycles. The number of rotatable bonds is 7. The van der Waals surface area contributed by atoms with Crippen molar-refractivity contribution in [3.05, 3.63) is 39.9 Å². The van der Waals surface area contributed by atoms with Crippen molar-refractivity contribution < 1.29 is 13.3 Å². The van der Waals surface area contributed by atoms with E-state index in [-0.39, 0.29) is 36.4 Å². The molecule has 3 N–H and O–H groups in total. The Labute approximate surface area is 129 Å². The molecule has 118 valence electrons. The van der Waals surface area contributed by atoms with Gasteiger partial charge in [0.1, 0.15) is 0 Å². The van der Waals surface area contributed by atoms with Crippen LogP contribution in [0.1, 0.15) is 18.4 Å². The summed E-state index contributed by atoms with van der Waals surface area (Å²) in [6.45, 7) is 0.236. The van der Waals surface area contributed by atoms with Gasteiger partial charge < -0.3 is 5.73 Å². The highest BCUT2D eigenvalue weighted by molar-refractivity contribution is 7.88. The van der Waals surface area contributed by atoms with E-state index in [0.717, 1.165) is 12.8 Å². The minimum absolute atomic E-state index is 0. The van der Waals surface area contributed by atoms with Crippen LogP contribution >= 0.6 is 12.4 Å². The Morgan fingerprint density at radius 1 is 1.33 bits per heavy atom. The monoisotopic (exact) mass is 335 g/mol. The topological polar surface area (TPSA) is 115 Å². The molecule has 2 rings (SSSR count). The van der Waals surface area contributed by atoms with E-state index in [0.29, 0.717) is 11.5 Å². The summed E-state index contributed by atoms with van der Waals surface area (Å²) in [5.41, 5.74) is 6.27. The first kappa shape index (κ1) is 17.8. The molecule has 0 radical (unpaired) electrons. The summed E-state index contributed by atoms with van der Waals surface area (Å²) in [5, 5.41) is 10.5. The van der Waals surface area contributed by atoms with Crippen molar-refractivity contribution in [3.8, 4) is 0 Å². The minimum Gasteiger partial charge on any atom is -0.326 e. The van der Waals surface area contributed by atoms with E-state index in [4.69, 9.17) is 5.73 Å². The van der Waals surface area contributed by atoms with Crippen molar-refractivity contribution in [2.45, 2.75) is 24.6 Å². The first-order valence-corrected chi connectivity index (χ1v) is 7.99. The van der Waals surface area contributed by atoms with Gasteiger partial charge in [0, 0.05) is 24.7 Å². The summed E-state index contributed by atoms with van der Waals surface area (Å²) in [5.74, 6) is 0.222. The number of sulfonamides is 1. The SMILES string of the molecule is Cl.NC(CNS(=O)(=O)Cc1ccc([N+](=O)[O-])cc1)C1CC1. The zero-order valence-electron chi connectivity index (χ0n) is 11.3. The molecule has 0 heterocycles. The molecule has 1 saturated carbocycles. The summed E-state index contributed by atoms with van der Waals surface area (Å²) in [7, 11) is -3.47. The molecule has 1 aliphatic rings. The van der Waals surface area contributed by atoms with E-state index in [1.807, 2.05) is 0 Å². The summed E-state index contributed by atoms with van der Waals surface area (Å²) in [4.78, 5) is 9.98. The summed E-state index contributed by atoms with van der Waals surface area (Å²) in [6.07, 6.45) is 2.12. The molecular formula is C12H18ClN3O4S. The summed E-state index contributed by atoms with van der Waals surface area (Å²) < 4.78 is 26.2. The number of nitrogens with one attached hydrogen (secondary N) is 1. The Morgan fingerprint density at radius 3 is 2.38 bits per heavy atom. The maximum Gasteiger partial charge on any atom is 0.269 e. The van der Waals surface area contributed by atoms with Gasteiger partial charge >= 0.3 is 0 Å². The van der Waals surface area contributed by atoms with Crippen LogP contribution < -0.4 is 10.5 Å². The third-order valence-electron chi connectivity index (χ3n) is 3.27. The molecule has 21 heavy (non-hydrogen) atoms. The Hall–Kier alpha value is -1.22. The number of hydrogen-bond acceptors (Lipinski definition) is 5. The number of nitro benzene ring substituents is 1. The van der Waals surface area contributed by atoms with Crippen LogP contribution in [0.25, 0.3) is 0 Å². The number of non-ortho nitro benzene ring substituents is 1. The van der Waals surface area contributed by atoms with Crippen molar-refractivity contribution >= 4 is 28.1 Å². The van der Waals surface area contributed by atoms with Crippen LogP contribution in [0.4, 0.5) is 5.69 Å². The lowest BCUT2D eigenvalue weighted by Crippen LogP contribution is -2.39. The molecule has 1 aromatic carbocycles. The number of nitro groups is 1. The Balaban J connectivity index is 0.00000220. The van der Waals surface area contributed by atoms with Gasteiger partial charge in [-0.15, -0.1) is 12.4 Å². The van der Waals surface area contributed by atoms with Gasteiger partial charge in [0.05, 0.1) is 10.7 Å². The molecule has 7 nitrogen and oxygen atoms in total. The van der Waals surface area contributed by atoms with E-state index < -0.39 is 14.9 Å². The molecular weight excluding hydrogens is 318 g/mol. The van der Waals surface area contributed by atoms with Crippen LogP contribution in [-0.2, 0) is 15.8 Å². The number of nitrogens with zero attached hydrogens (tertiary/aromatic N) is 1. The van der Waals surface area contributed by atoms with Crippen LogP contribution in [0.3, 0.4) is 0 Å². The molecule has 0 aromatic heterocycles. The van der Waals surface area contributed by atoms with Crippen LogP contribution in [0.5, 0.6) is 0 Å². The van der Waals surface area contributed by atoms with Gasteiger partial charge in [-0.05, 0) is 24.3 Å². The molecule has 1 unspecified atom stereocenters. The Morgan fingerprint density at radius 2 is 1.90 bits per heavy atom. The highest BCUT2D eigenvalue weighted by atomic mass is 35.5. The van der Waals surface area contributed by atoms with Gasteiger partial charge in [-0.1, -0.05) is 12.1 Å². The molecule has 0 spiro atoms. The molecule has 0 amide bonds. The average Bonchev–Trinajstić information content (AvgIpc) is 3.20. The third kappa shape index (κ3) is 5.58. The minimum atomic E-state index is -3.47. The zero-order valence-corrected chi connectivity index (χ0v) is 12.9. The maximum atomic E-state index is 11.9. The van der Waals surface area contributed by atoms with Crippen LogP contribution in [-0.4, -0.2) is 25.9 Å². The van der Waals surface area contributed by atoms with Crippen molar-refractivity contribution in [1.29, 1.82) is 0 Å². The quantitative estimate of drug-likeness (QED) is 0.573. The highest BCUT2D eigenvalue weighted by Gasteiger charge is 2.29. The first-order valence-electron chi connectivity index (χ1n) is 6.33. The van der Waals surface area contributed by atoms with Gasteiger partial charge in [0.15, 0.2) is 0 Å². The Kier molecular flexibility index (Phi) is 6.09. The van der Waals surface area contributed by atoms with E-state index >= 15 is 0 Å². The van der Waals surface area contributed by atoms with Gasteiger partial charge in [-0.25, -0.2) is 13.1 Å². The maximum absolute atomic E-state index is 11.9. The van der Waals surface area contributed by atoms with E-state index in [1.54, 1.807) is 0 Å². The van der Waals surface area contributed by atoms with E-state index in [1.165, 1.54) is 24.3 Å². The van der Waals surface area contributed by atoms with Crippen molar-refractivity contribution in [3.63, 3.8) is 0 Å². The second kappa shape index (κ2) is 7.17. The molecule has 1 fully saturated rings. The van der Waals surface area contributed by atoms with Gasteiger partial charge in [-0.2, -0.15) is 0 Å². The van der Waals surface area contributed by atoms with Crippen molar-refractivity contribution in [2.24, 2.45) is 11.7 Å². The molecule has 0 aliphatic heterocycles. The highest BCUT2D eigenvalue weighted by Crippen LogP contribution is 2.31. The lowest BCUT2D eigenvalue weighted by Gasteiger charge is -2.12. The normalized spacial score (nSPS) is 16.0. The third-order valence-corrected chi connectivity index (χ3v) is 4.59. The fraction of sp³-hybridized carbons (Fsp3) is 0.500. The fourth-order valence-electron chi connectivity index (χ4n) is 1.90. The van der Waals surface area contributed by atoms with Gasteiger partial charge in [0.2, 0.25) is 10.0 Å². The number of halogens is 1. The van der Waals surface area contributed by atoms with Crippen LogP contribution in [0.2, 0.25) is 0 Å². The smallest absolute Gasteiger partial charge is 0.269 e. The predicted octanol–water partition coefficient (Wildman–Crippen LogP) is 1.17. The molecule has 0 bridgehead atoms. The molecule has 1 atom stereocenters. The second-order valence-electron chi connectivity index (χ2n) is 5.03. The first-order chi connectivity index (χ1) is 9.37. The van der Waals surface area contributed by atoms with Gasteiger partial charge in [0.25, 0.3) is 5.69 Å². The largest absolute Gasteiger partial charge is 0.326 e.